The maximum Gasteiger partial charge on any atom is 0.169 e. The van der Waals surface area contributed by atoms with Gasteiger partial charge in [0.15, 0.2) is 5.78 Å². The molecule has 0 unspecified atom stereocenters. The number of halogens is 1. The molecule has 0 radical (unpaired) electrons. The number of ether oxygens (including phenoxy) is 1. The summed E-state index contributed by atoms with van der Waals surface area (Å²) in [6.07, 6.45) is 0. The number of benzene rings is 2. The van der Waals surface area contributed by atoms with Crippen LogP contribution in [-0.2, 0) is 0 Å². The average Bonchev–Trinajstić information content (AvgIpc) is 2.48. The van der Waals surface area contributed by atoms with Gasteiger partial charge in [0.05, 0.1) is 0 Å². The zero-order valence-electron chi connectivity index (χ0n) is 11.6. The molecule has 2 nitrogen and oxygen atoms in total. The summed E-state index contributed by atoms with van der Waals surface area (Å²) in [7, 11) is 0. The van der Waals surface area contributed by atoms with Gasteiger partial charge in [-0.3, -0.25) is 4.79 Å². The number of carbonyl (C=O) groups is 1. The SMILES string of the molecule is CC(C)(CCl)C(=O)c1ccc(Oc2ccccc2)cc1. The molecule has 0 aliphatic carbocycles. The minimum Gasteiger partial charge on any atom is -0.457 e. The molecule has 2 aromatic carbocycles. The maximum atomic E-state index is 12.2. The third kappa shape index (κ3) is 3.40. The van der Waals surface area contributed by atoms with Crippen LogP contribution in [0.15, 0.2) is 54.6 Å². The molecule has 0 aliphatic rings. The van der Waals surface area contributed by atoms with Crippen LogP contribution < -0.4 is 4.74 Å². The van der Waals surface area contributed by atoms with Crippen molar-refractivity contribution in [3.8, 4) is 11.5 Å². The van der Waals surface area contributed by atoms with Gasteiger partial charge in [0, 0.05) is 16.9 Å². The zero-order chi connectivity index (χ0) is 14.6. The van der Waals surface area contributed by atoms with E-state index in [9.17, 15) is 4.79 Å². The summed E-state index contributed by atoms with van der Waals surface area (Å²) < 4.78 is 5.69. The summed E-state index contributed by atoms with van der Waals surface area (Å²) in [6, 6.07) is 16.7. The van der Waals surface area contributed by atoms with Crippen molar-refractivity contribution in [2.24, 2.45) is 5.41 Å². The fourth-order valence-electron chi connectivity index (χ4n) is 1.75. The summed E-state index contributed by atoms with van der Waals surface area (Å²) in [6.45, 7) is 3.69. The molecule has 0 aromatic heterocycles. The number of Topliss-reactive ketones (excluding diaryl/α,β-unsaturated/α-hetero) is 1. The molecule has 0 saturated heterocycles. The number of hydrogen-bond donors (Lipinski definition) is 0. The van der Waals surface area contributed by atoms with Crippen LogP contribution in [0, 0.1) is 5.41 Å². The summed E-state index contributed by atoms with van der Waals surface area (Å²) in [4.78, 5) is 12.2. The van der Waals surface area contributed by atoms with Crippen molar-refractivity contribution in [1.29, 1.82) is 0 Å². The molecule has 0 saturated carbocycles. The molecule has 0 spiro atoms. The molecule has 0 atom stereocenters. The van der Waals surface area contributed by atoms with Gasteiger partial charge in [0.2, 0.25) is 0 Å². The van der Waals surface area contributed by atoms with E-state index >= 15 is 0 Å². The monoisotopic (exact) mass is 288 g/mol. The third-order valence-electron chi connectivity index (χ3n) is 3.04. The summed E-state index contributed by atoms with van der Waals surface area (Å²) >= 11 is 5.83. The second kappa shape index (κ2) is 6.10. The van der Waals surface area contributed by atoms with E-state index in [2.05, 4.69) is 0 Å². The van der Waals surface area contributed by atoms with Crippen molar-refractivity contribution in [3.63, 3.8) is 0 Å². The molecule has 2 aromatic rings. The highest BCUT2D eigenvalue weighted by Crippen LogP contribution is 2.26. The summed E-state index contributed by atoms with van der Waals surface area (Å²) in [5.41, 5.74) is 0.0969. The number of hydrogen-bond acceptors (Lipinski definition) is 2. The van der Waals surface area contributed by atoms with Crippen LogP contribution in [-0.4, -0.2) is 11.7 Å². The Kier molecular flexibility index (Phi) is 4.46. The maximum absolute atomic E-state index is 12.2. The Morgan fingerprint density at radius 2 is 1.55 bits per heavy atom. The summed E-state index contributed by atoms with van der Waals surface area (Å²) in [5.74, 6) is 1.82. The average molecular weight is 289 g/mol. The second-order valence-electron chi connectivity index (χ2n) is 5.29. The Morgan fingerprint density at radius 1 is 1.00 bits per heavy atom. The van der Waals surface area contributed by atoms with Gasteiger partial charge >= 0.3 is 0 Å². The quantitative estimate of drug-likeness (QED) is 0.576. The number of carbonyl (C=O) groups excluding carboxylic acids is 1. The van der Waals surface area contributed by atoms with E-state index in [0.29, 0.717) is 17.2 Å². The molecule has 0 N–H and O–H groups in total. The van der Waals surface area contributed by atoms with Crippen molar-refractivity contribution in [2.75, 3.05) is 5.88 Å². The van der Waals surface area contributed by atoms with Crippen LogP contribution >= 0.6 is 11.6 Å². The van der Waals surface area contributed by atoms with Crippen molar-refractivity contribution >= 4 is 17.4 Å². The molecule has 104 valence electrons. The molecular formula is C17H17ClO2. The second-order valence-corrected chi connectivity index (χ2v) is 5.55. The molecule has 0 amide bonds. The van der Waals surface area contributed by atoms with E-state index in [1.165, 1.54) is 0 Å². The van der Waals surface area contributed by atoms with E-state index in [1.54, 1.807) is 24.3 Å². The largest absolute Gasteiger partial charge is 0.457 e. The smallest absolute Gasteiger partial charge is 0.169 e. The molecule has 0 fully saturated rings. The fraction of sp³-hybridized carbons (Fsp3) is 0.235. The molecule has 2 rings (SSSR count). The van der Waals surface area contributed by atoms with E-state index in [1.807, 2.05) is 44.2 Å². The molecule has 0 heterocycles. The molecule has 0 bridgehead atoms. The Morgan fingerprint density at radius 3 is 2.10 bits per heavy atom. The first-order valence-electron chi connectivity index (χ1n) is 6.47. The van der Waals surface area contributed by atoms with Gasteiger partial charge in [0.1, 0.15) is 11.5 Å². The Balaban J connectivity index is 2.13. The number of rotatable bonds is 5. The minimum absolute atomic E-state index is 0.0405. The lowest BCUT2D eigenvalue weighted by molar-refractivity contribution is 0.0862. The topological polar surface area (TPSA) is 26.3 Å². The van der Waals surface area contributed by atoms with Gasteiger partial charge in [-0.05, 0) is 36.4 Å². The third-order valence-corrected chi connectivity index (χ3v) is 3.71. The lowest BCUT2D eigenvalue weighted by Gasteiger charge is -2.19. The first kappa shape index (κ1) is 14.6. The predicted molar refractivity (Wildman–Crippen MR) is 81.8 cm³/mol. The lowest BCUT2D eigenvalue weighted by atomic mass is 9.86. The zero-order valence-corrected chi connectivity index (χ0v) is 12.4. The van der Waals surface area contributed by atoms with Crippen LogP contribution in [0.1, 0.15) is 24.2 Å². The highest BCUT2D eigenvalue weighted by molar-refractivity contribution is 6.21. The fourth-order valence-corrected chi connectivity index (χ4v) is 1.87. The molecule has 20 heavy (non-hydrogen) atoms. The number of ketones is 1. The molecular weight excluding hydrogens is 272 g/mol. The van der Waals surface area contributed by atoms with Gasteiger partial charge in [-0.15, -0.1) is 11.6 Å². The number of para-hydroxylation sites is 1. The Labute approximate surface area is 124 Å². The van der Waals surface area contributed by atoms with Crippen molar-refractivity contribution in [2.45, 2.75) is 13.8 Å². The van der Waals surface area contributed by atoms with Crippen LogP contribution in [0.4, 0.5) is 0 Å². The highest BCUT2D eigenvalue weighted by Gasteiger charge is 2.27. The van der Waals surface area contributed by atoms with Crippen LogP contribution in [0.2, 0.25) is 0 Å². The van der Waals surface area contributed by atoms with E-state index in [4.69, 9.17) is 16.3 Å². The van der Waals surface area contributed by atoms with Gasteiger partial charge < -0.3 is 4.74 Å². The standard InChI is InChI=1S/C17H17ClO2/c1-17(2,12-18)16(19)13-8-10-15(11-9-13)20-14-6-4-3-5-7-14/h3-11H,12H2,1-2H3. The normalized spacial score (nSPS) is 11.2. The first-order chi connectivity index (χ1) is 9.53. The minimum atomic E-state index is -0.552. The van der Waals surface area contributed by atoms with Crippen molar-refractivity contribution < 1.29 is 9.53 Å². The van der Waals surface area contributed by atoms with Crippen LogP contribution in [0.25, 0.3) is 0 Å². The Hall–Kier alpha value is -1.80. The number of alkyl halides is 1. The molecule has 3 heteroatoms. The van der Waals surface area contributed by atoms with E-state index in [0.717, 1.165) is 5.75 Å². The molecule has 0 aliphatic heterocycles. The first-order valence-corrected chi connectivity index (χ1v) is 7.00. The summed E-state index contributed by atoms with van der Waals surface area (Å²) in [5, 5.41) is 0. The van der Waals surface area contributed by atoms with Gasteiger partial charge in [0.25, 0.3) is 0 Å². The van der Waals surface area contributed by atoms with Crippen molar-refractivity contribution in [1.82, 2.24) is 0 Å². The predicted octanol–water partition coefficient (Wildman–Crippen LogP) is 4.93. The van der Waals surface area contributed by atoms with Crippen LogP contribution in [0.5, 0.6) is 11.5 Å². The van der Waals surface area contributed by atoms with Crippen LogP contribution in [0.3, 0.4) is 0 Å². The van der Waals surface area contributed by atoms with Crippen molar-refractivity contribution in [3.05, 3.63) is 60.2 Å². The highest BCUT2D eigenvalue weighted by atomic mass is 35.5. The lowest BCUT2D eigenvalue weighted by Crippen LogP contribution is -2.25. The van der Waals surface area contributed by atoms with Gasteiger partial charge in [-0.2, -0.15) is 0 Å². The van der Waals surface area contributed by atoms with Gasteiger partial charge in [-0.25, -0.2) is 0 Å². The van der Waals surface area contributed by atoms with E-state index < -0.39 is 5.41 Å². The van der Waals surface area contributed by atoms with Gasteiger partial charge in [-0.1, -0.05) is 32.0 Å². The Bertz CT molecular complexity index is 574. The van der Waals surface area contributed by atoms with E-state index in [-0.39, 0.29) is 5.78 Å².